The maximum absolute atomic E-state index is 12.6. The maximum atomic E-state index is 12.6. The van der Waals surface area contributed by atoms with Crippen LogP contribution in [0.3, 0.4) is 0 Å². The number of hydrogen-bond donors (Lipinski definition) is 1. The second-order valence-corrected chi connectivity index (χ2v) is 7.66. The van der Waals surface area contributed by atoms with Gasteiger partial charge in [-0.05, 0) is 41.5 Å². The van der Waals surface area contributed by atoms with Crippen molar-refractivity contribution in [2.45, 2.75) is 18.4 Å². The zero-order chi connectivity index (χ0) is 17.9. The van der Waals surface area contributed by atoms with Crippen LogP contribution >= 0.6 is 11.6 Å². The van der Waals surface area contributed by atoms with Crippen LogP contribution in [-0.2, 0) is 16.6 Å². The number of halogens is 1. The fourth-order valence-corrected chi connectivity index (χ4v) is 3.96. The van der Waals surface area contributed by atoms with E-state index in [4.69, 9.17) is 16.3 Å². The summed E-state index contributed by atoms with van der Waals surface area (Å²) in [5.41, 5.74) is 0.915. The molecule has 0 radical (unpaired) electrons. The molecule has 130 valence electrons. The predicted molar refractivity (Wildman–Crippen MR) is 101 cm³/mol. The molecule has 0 aliphatic rings. The molecule has 3 rings (SSSR count). The summed E-state index contributed by atoms with van der Waals surface area (Å²) in [6.45, 7) is 2.51. The molecule has 3 aromatic carbocycles. The second-order valence-electron chi connectivity index (χ2n) is 5.49. The minimum Gasteiger partial charge on any atom is -0.492 e. The normalized spacial score (nSPS) is 11.6. The summed E-state index contributed by atoms with van der Waals surface area (Å²) in [6.07, 6.45) is 0. The Balaban J connectivity index is 1.83. The van der Waals surface area contributed by atoms with Gasteiger partial charge in [0.05, 0.1) is 16.5 Å². The van der Waals surface area contributed by atoms with Crippen molar-refractivity contribution >= 4 is 32.4 Å². The minimum atomic E-state index is -3.67. The summed E-state index contributed by atoms with van der Waals surface area (Å²) in [6, 6.07) is 18.2. The summed E-state index contributed by atoms with van der Waals surface area (Å²) in [5.74, 6) is 0.470. The highest BCUT2D eigenvalue weighted by atomic mass is 35.5. The molecule has 0 atom stereocenters. The highest BCUT2D eigenvalue weighted by molar-refractivity contribution is 7.89. The van der Waals surface area contributed by atoms with Crippen LogP contribution in [0.2, 0.25) is 5.02 Å². The lowest BCUT2D eigenvalue weighted by atomic mass is 10.1. The first-order valence-corrected chi connectivity index (χ1v) is 9.76. The third-order valence-electron chi connectivity index (χ3n) is 3.85. The maximum Gasteiger partial charge on any atom is 0.240 e. The molecule has 0 heterocycles. The Bertz CT molecular complexity index is 997. The van der Waals surface area contributed by atoms with Crippen LogP contribution in [0.25, 0.3) is 10.8 Å². The first-order valence-electron chi connectivity index (χ1n) is 7.90. The molecule has 0 amide bonds. The van der Waals surface area contributed by atoms with Gasteiger partial charge in [-0.2, -0.15) is 0 Å². The molecule has 0 bridgehead atoms. The summed E-state index contributed by atoms with van der Waals surface area (Å²) in [7, 11) is -3.67. The summed E-state index contributed by atoms with van der Waals surface area (Å²) >= 11 is 6.09. The molecule has 0 aliphatic carbocycles. The van der Waals surface area contributed by atoms with E-state index in [2.05, 4.69) is 4.72 Å². The van der Waals surface area contributed by atoms with E-state index >= 15 is 0 Å². The Morgan fingerprint density at radius 2 is 1.80 bits per heavy atom. The summed E-state index contributed by atoms with van der Waals surface area (Å²) in [4.78, 5) is 0.112. The third kappa shape index (κ3) is 3.95. The van der Waals surface area contributed by atoms with Crippen molar-refractivity contribution in [3.8, 4) is 5.75 Å². The van der Waals surface area contributed by atoms with E-state index in [0.29, 0.717) is 12.4 Å². The van der Waals surface area contributed by atoms with Gasteiger partial charge in [0, 0.05) is 6.54 Å². The van der Waals surface area contributed by atoms with Gasteiger partial charge >= 0.3 is 0 Å². The Hall–Kier alpha value is -2.08. The lowest BCUT2D eigenvalue weighted by Gasteiger charge is -2.11. The van der Waals surface area contributed by atoms with Gasteiger partial charge in [0.15, 0.2) is 0 Å². The van der Waals surface area contributed by atoms with Crippen LogP contribution < -0.4 is 9.46 Å². The quantitative estimate of drug-likeness (QED) is 0.696. The molecule has 0 fully saturated rings. The van der Waals surface area contributed by atoms with Crippen molar-refractivity contribution in [2.24, 2.45) is 0 Å². The molecule has 4 nitrogen and oxygen atoms in total. The van der Waals surface area contributed by atoms with Gasteiger partial charge < -0.3 is 4.74 Å². The number of ether oxygens (including phenoxy) is 1. The molecule has 25 heavy (non-hydrogen) atoms. The number of nitrogens with one attached hydrogen (secondary N) is 1. The highest BCUT2D eigenvalue weighted by Gasteiger charge is 2.16. The molecule has 0 spiro atoms. The second kappa shape index (κ2) is 7.44. The monoisotopic (exact) mass is 375 g/mol. The Morgan fingerprint density at radius 3 is 2.56 bits per heavy atom. The van der Waals surface area contributed by atoms with E-state index in [1.807, 2.05) is 49.4 Å². The van der Waals surface area contributed by atoms with Gasteiger partial charge in [0.2, 0.25) is 10.0 Å². The zero-order valence-electron chi connectivity index (χ0n) is 13.7. The number of fused-ring (bicyclic) bond motifs is 1. The first-order chi connectivity index (χ1) is 12.0. The van der Waals surface area contributed by atoms with Crippen LogP contribution in [0.15, 0.2) is 65.6 Å². The fourth-order valence-electron chi connectivity index (χ4n) is 2.62. The molecule has 0 saturated heterocycles. The van der Waals surface area contributed by atoms with Gasteiger partial charge in [0.25, 0.3) is 0 Å². The van der Waals surface area contributed by atoms with Crippen molar-refractivity contribution < 1.29 is 13.2 Å². The Kier molecular flexibility index (Phi) is 5.27. The molecular formula is C19H18ClNO3S. The van der Waals surface area contributed by atoms with Gasteiger partial charge in [0.1, 0.15) is 5.75 Å². The van der Waals surface area contributed by atoms with E-state index in [9.17, 15) is 8.42 Å². The Morgan fingerprint density at radius 1 is 1.04 bits per heavy atom. The molecule has 0 aromatic heterocycles. The molecule has 1 N–H and O–H groups in total. The van der Waals surface area contributed by atoms with Crippen molar-refractivity contribution in [2.75, 3.05) is 6.61 Å². The standard InChI is InChI=1S/C19H18ClNO3S/c1-2-24-19-11-10-16(12-18(19)20)25(22,23)21-13-15-8-5-7-14-6-3-4-9-17(14)15/h3-12,21H,2,13H2,1H3. The highest BCUT2D eigenvalue weighted by Crippen LogP contribution is 2.27. The largest absolute Gasteiger partial charge is 0.492 e. The SMILES string of the molecule is CCOc1ccc(S(=O)(=O)NCc2cccc3ccccc23)cc1Cl. The lowest BCUT2D eigenvalue weighted by molar-refractivity contribution is 0.340. The lowest BCUT2D eigenvalue weighted by Crippen LogP contribution is -2.23. The van der Waals surface area contributed by atoms with Crippen molar-refractivity contribution in [1.29, 1.82) is 0 Å². The minimum absolute atomic E-state index is 0.112. The van der Waals surface area contributed by atoms with E-state index in [-0.39, 0.29) is 16.5 Å². The van der Waals surface area contributed by atoms with Gasteiger partial charge in [-0.25, -0.2) is 13.1 Å². The van der Waals surface area contributed by atoms with E-state index in [1.165, 1.54) is 12.1 Å². The fraction of sp³-hybridized carbons (Fsp3) is 0.158. The zero-order valence-corrected chi connectivity index (χ0v) is 15.3. The molecule has 3 aromatic rings. The third-order valence-corrected chi connectivity index (χ3v) is 5.54. The van der Waals surface area contributed by atoms with Crippen molar-refractivity contribution in [3.05, 3.63) is 71.2 Å². The van der Waals surface area contributed by atoms with Crippen LogP contribution in [0, 0.1) is 0 Å². The molecule has 0 aliphatic heterocycles. The van der Waals surface area contributed by atoms with Gasteiger partial charge in [-0.3, -0.25) is 0 Å². The van der Waals surface area contributed by atoms with Crippen LogP contribution in [0.5, 0.6) is 5.75 Å². The summed E-state index contributed by atoms with van der Waals surface area (Å²) in [5, 5.41) is 2.37. The number of hydrogen-bond acceptors (Lipinski definition) is 3. The van der Waals surface area contributed by atoms with Gasteiger partial charge in [-0.15, -0.1) is 0 Å². The van der Waals surface area contributed by atoms with E-state index < -0.39 is 10.0 Å². The van der Waals surface area contributed by atoms with E-state index in [1.54, 1.807) is 6.07 Å². The average Bonchev–Trinajstić information content (AvgIpc) is 2.62. The average molecular weight is 376 g/mol. The molecule has 6 heteroatoms. The number of rotatable bonds is 6. The molecule has 0 unspecified atom stereocenters. The molecular weight excluding hydrogens is 358 g/mol. The first kappa shape index (κ1) is 17.7. The van der Waals surface area contributed by atoms with Crippen LogP contribution in [0.1, 0.15) is 12.5 Å². The van der Waals surface area contributed by atoms with E-state index in [0.717, 1.165) is 16.3 Å². The summed E-state index contributed by atoms with van der Waals surface area (Å²) < 4.78 is 33.1. The van der Waals surface area contributed by atoms with Gasteiger partial charge in [-0.1, -0.05) is 54.1 Å². The van der Waals surface area contributed by atoms with Crippen molar-refractivity contribution in [1.82, 2.24) is 4.72 Å². The van der Waals surface area contributed by atoms with Crippen LogP contribution in [-0.4, -0.2) is 15.0 Å². The number of benzene rings is 3. The predicted octanol–water partition coefficient (Wildman–Crippen LogP) is 4.37. The number of sulfonamides is 1. The van der Waals surface area contributed by atoms with Crippen LogP contribution in [0.4, 0.5) is 0 Å². The smallest absolute Gasteiger partial charge is 0.240 e. The Labute approximate surface area is 152 Å². The topological polar surface area (TPSA) is 55.4 Å². The van der Waals surface area contributed by atoms with Crippen molar-refractivity contribution in [3.63, 3.8) is 0 Å². The molecule has 0 saturated carbocycles.